The van der Waals surface area contributed by atoms with Crippen LogP contribution < -0.4 is 10.2 Å². The molecule has 0 aliphatic carbocycles. The van der Waals surface area contributed by atoms with Gasteiger partial charge in [0, 0.05) is 18.2 Å². The summed E-state index contributed by atoms with van der Waals surface area (Å²) in [7, 11) is 0. The molecule has 0 bridgehead atoms. The summed E-state index contributed by atoms with van der Waals surface area (Å²) < 4.78 is 0. The fourth-order valence-electron chi connectivity index (χ4n) is 3.38. The van der Waals surface area contributed by atoms with Crippen LogP contribution >= 0.6 is 12.4 Å². The number of fused-ring (bicyclic) bond motifs is 1. The van der Waals surface area contributed by atoms with Gasteiger partial charge in [0.25, 0.3) is 0 Å². The first-order valence-corrected chi connectivity index (χ1v) is 7.36. The molecule has 1 amide bonds. The number of hydrogen-bond donors (Lipinski definition) is 1. The number of carbonyl (C=O) groups excluding carboxylic acids is 1. The van der Waals surface area contributed by atoms with Crippen molar-refractivity contribution in [2.45, 2.75) is 38.6 Å². The molecule has 110 valence electrons. The summed E-state index contributed by atoms with van der Waals surface area (Å²) in [5.74, 6) is 0.873. The van der Waals surface area contributed by atoms with E-state index in [1.54, 1.807) is 0 Å². The standard InChI is InChI=1S/C16H22N2O.ClH/c1-12-10-14-4-2-3-5-15(14)18(12)16(19)11-13-6-8-17-9-7-13;/h2-5,12-13,17H,6-11H2,1H3;1H. The van der Waals surface area contributed by atoms with Gasteiger partial charge in [-0.15, -0.1) is 12.4 Å². The Morgan fingerprint density at radius 2 is 2.00 bits per heavy atom. The topological polar surface area (TPSA) is 32.3 Å². The van der Waals surface area contributed by atoms with E-state index < -0.39 is 0 Å². The van der Waals surface area contributed by atoms with Gasteiger partial charge < -0.3 is 10.2 Å². The van der Waals surface area contributed by atoms with E-state index in [1.165, 1.54) is 5.56 Å². The third-order valence-electron chi connectivity index (χ3n) is 4.40. The molecule has 2 heterocycles. The number of carbonyl (C=O) groups is 1. The van der Waals surface area contributed by atoms with Crippen LogP contribution in [-0.4, -0.2) is 25.0 Å². The van der Waals surface area contributed by atoms with Gasteiger partial charge in [0.05, 0.1) is 0 Å². The Morgan fingerprint density at radius 3 is 2.75 bits per heavy atom. The molecule has 0 aromatic heterocycles. The molecule has 3 nitrogen and oxygen atoms in total. The number of nitrogens with zero attached hydrogens (tertiary/aromatic N) is 1. The Balaban J connectivity index is 0.00000147. The van der Waals surface area contributed by atoms with Crippen LogP contribution in [0.5, 0.6) is 0 Å². The van der Waals surface area contributed by atoms with Crippen LogP contribution in [0.3, 0.4) is 0 Å². The van der Waals surface area contributed by atoms with Crippen molar-refractivity contribution >= 4 is 24.0 Å². The summed E-state index contributed by atoms with van der Waals surface area (Å²) in [5.41, 5.74) is 2.45. The van der Waals surface area contributed by atoms with Gasteiger partial charge in [-0.2, -0.15) is 0 Å². The fraction of sp³-hybridized carbons (Fsp3) is 0.562. The number of halogens is 1. The maximum absolute atomic E-state index is 12.6. The van der Waals surface area contributed by atoms with Crippen LogP contribution in [0.4, 0.5) is 5.69 Å². The lowest BCUT2D eigenvalue weighted by Gasteiger charge is -2.27. The maximum atomic E-state index is 12.6. The predicted octanol–water partition coefficient (Wildman–Crippen LogP) is 2.78. The highest BCUT2D eigenvalue weighted by Crippen LogP contribution is 2.33. The second-order valence-corrected chi connectivity index (χ2v) is 5.84. The van der Waals surface area contributed by atoms with Gasteiger partial charge in [0.1, 0.15) is 0 Å². The Bertz CT molecular complexity index is 471. The second-order valence-electron chi connectivity index (χ2n) is 5.84. The first-order valence-electron chi connectivity index (χ1n) is 7.36. The van der Waals surface area contributed by atoms with E-state index in [1.807, 2.05) is 11.0 Å². The van der Waals surface area contributed by atoms with Gasteiger partial charge in [-0.3, -0.25) is 4.79 Å². The quantitative estimate of drug-likeness (QED) is 0.910. The molecule has 1 aromatic carbocycles. The second kappa shape index (κ2) is 6.59. The van der Waals surface area contributed by atoms with Gasteiger partial charge in [0.15, 0.2) is 0 Å². The van der Waals surface area contributed by atoms with Gasteiger partial charge in [0.2, 0.25) is 5.91 Å². The molecule has 0 radical (unpaired) electrons. The highest BCUT2D eigenvalue weighted by Gasteiger charge is 2.31. The van der Waals surface area contributed by atoms with Gasteiger partial charge in [-0.1, -0.05) is 18.2 Å². The number of para-hydroxylation sites is 1. The first kappa shape index (κ1) is 15.3. The number of nitrogens with one attached hydrogen (secondary N) is 1. The minimum atomic E-state index is 0. The zero-order chi connectivity index (χ0) is 13.2. The summed E-state index contributed by atoms with van der Waals surface area (Å²) in [4.78, 5) is 14.6. The zero-order valence-corrected chi connectivity index (χ0v) is 12.8. The van der Waals surface area contributed by atoms with Gasteiger partial charge in [-0.05, 0) is 56.8 Å². The smallest absolute Gasteiger partial charge is 0.227 e. The van der Waals surface area contributed by atoms with Crippen molar-refractivity contribution in [2.24, 2.45) is 5.92 Å². The van der Waals surface area contributed by atoms with Crippen LogP contribution in [0.15, 0.2) is 24.3 Å². The Morgan fingerprint density at radius 1 is 1.30 bits per heavy atom. The van der Waals surface area contributed by atoms with Crippen molar-refractivity contribution in [1.29, 1.82) is 0 Å². The van der Waals surface area contributed by atoms with Crippen molar-refractivity contribution < 1.29 is 4.79 Å². The lowest BCUT2D eigenvalue weighted by atomic mass is 9.94. The summed E-state index contributed by atoms with van der Waals surface area (Å²) in [6, 6.07) is 8.63. The molecule has 0 spiro atoms. The SMILES string of the molecule is CC1Cc2ccccc2N1C(=O)CC1CCNCC1.Cl. The van der Waals surface area contributed by atoms with Gasteiger partial charge >= 0.3 is 0 Å². The van der Waals surface area contributed by atoms with Crippen LogP contribution in [0.1, 0.15) is 31.7 Å². The summed E-state index contributed by atoms with van der Waals surface area (Å²) in [6.45, 7) is 4.27. The number of benzene rings is 1. The molecule has 0 saturated carbocycles. The van der Waals surface area contributed by atoms with Crippen LogP contribution in [-0.2, 0) is 11.2 Å². The maximum Gasteiger partial charge on any atom is 0.227 e. The number of rotatable bonds is 2. The first-order chi connectivity index (χ1) is 9.25. The molecular weight excluding hydrogens is 272 g/mol. The van der Waals surface area contributed by atoms with E-state index in [9.17, 15) is 4.79 Å². The molecule has 1 fully saturated rings. The highest BCUT2D eigenvalue weighted by atomic mass is 35.5. The fourth-order valence-corrected chi connectivity index (χ4v) is 3.38. The number of anilines is 1. The van der Waals surface area contributed by atoms with E-state index in [0.717, 1.165) is 38.0 Å². The zero-order valence-electron chi connectivity index (χ0n) is 12.0. The predicted molar refractivity (Wildman–Crippen MR) is 84.6 cm³/mol. The highest BCUT2D eigenvalue weighted by molar-refractivity contribution is 5.96. The normalized spacial score (nSPS) is 22.2. The molecule has 2 aliphatic heterocycles. The van der Waals surface area contributed by atoms with E-state index in [0.29, 0.717) is 24.3 Å². The Labute approximate surface area is 127 Å². The summed E-state index contributed by atoms with van der Waals surface area (Å²) >= 11 is 0. The van der Waals surface area contributed by atoms with Crippen LogP contribution in [0.25, 0.3) is 0 Å². The molecule has 1 unspecified atom stereocenters. The van der Waals surface area contributed by atoms with E-state index >= 15 is 0 Å². The lowest BCUT2D eigenvalue weighted by Crippen LogP contribution is -2.38. The van der Waals surface area contributed by atoms with Crippen molar-refractivity contribution in [1.82, 2.24) is 5.32 Å². The average Bonchev–Trinajstić information content (AvgIpc) is 2.75. The molecule has 2 aliphatic rings. The van der Waals surface area contributed by atoms with Crippen LogP contribution in [0.2, 0.25) is 0 Å². The van der Waals surface area contributed by atoms with Crippen molar-refractivity contribution in [3.63, 3.8) is 0 Å². The summed E-state index contributed by atoms with van der Waals surface area (Å²) in [5, 5.41) is 3.36. The molecule has 1 N–H and O–H groups in total. The third-order valence-corrected chi connectivity index (χ3v) is 4.40. The minimum absolute atomic E-state index is 0. The number of amides is 1. The monoisotopic (exact) mass is 294 g/mol. The Kier molecular flexibility index (Phi) is 5.06. The molecule has 1 aromatic rings. The molecule has 3 rings (SSSR count). The van der Waals surface area contributed by atoms with Crippen molar-refractivity contribution in [3.05, 3.63) is 29.8 Å². The molecule has 1 saturated heterocycles. The van der Waals surface area contributed by atoms with Crippen LogP contribution in [0, 0.1) is 5.92 Å². The molecule has 4 heteroatoms. The van der Waals surface area contributed by atoms with Crippen molar-refractivity contribution in [2.75, 3.05) is 18.0 Å². The van der Waals surface area contributed by atoms with E-state index in [-0.39, 0.29) is 12.4 Å². The molecule has 1 atom stereocenters. The third kappa shape index (κ3) is 2.99. The van der Waals surface area contributed by atoms with E-state index in [4.69, 9.17) is 0 Å². The van der Waals surface area contributed by atoms with Crippen molar-refractivity contribution in [3.8, 4) is 0 Å². The largest absolute Gasteiger partial charge is 0.317 e. The van der Waals surface area contributed by atoms with Gasteiger partial charge in [-0.25, -0.2) is 0 Å². The molecule has 20 heavy (non-hydrogen) atoms. The summed E-state index contributed by atoms with van der Waals surface area (Å²) in [6.07, 6.45) is 3.97. The number of piperidine rings is 1. The average molecular weight is 295 g/mol. The Hall–Kier alpha value is -1.06. The molecular formula is C16H23ClN2O. The lowest BCUT2D eigenvalue weighted by molar-refractivity contribution is -0.120. The van der Waals surface area contributed by atoms with E-state index in [2.05, 4.69) is 30.4 Å². The minimum Gasteiger partial charge on any atom is -0.317 e. The number of hydrogen-bond acceptors (Lipinski definition) is 2.